The summed E-state index contributed by atoms with van der Waals surface area (Å²) < 4.78 is 0. The van der Waals surface area contributed by atoms with E-state index in [9.17, 15) is 0 Å². The minimum Gasteiger partial charge on any atom is -0.316 e. The lowest BCUT2D eigenvalue weighted by Crippen LogP contribution is -2.54. The molecule has 0 aromatic heterocycles. The summed E-state index contributed by atoms with van der Waals surface area (Å²) in [5.41, 5.74) is 0.694. The normalized spacial score (nSPS) is 25.6. The fourth-order valence-electron chi connectivity index (χ4n) is 1.58. The Morgan fingerprint density at radius 1 is 1.09 bits per heavy atom. The van der Waals surface area contributed by atoms with Crippen molar-refractivity contribution in [3.05, 3.63) is 0 Å². The quantitative estimate of drug-likeness (QED) is 0.546. The van der Waals surface area contributed by atoms with Gasteiger partial charge in [0.25, 0.3) is 0 Å². The standard InChI is InChI=1S/C6H12N2.C3H8/c1-2-7-3-6(1)4-8-5-6;1-3-2/h7-8H,1-5H2;3H2,1-2H3. The largest absolute Gasteiger partial charge is 0.316 e. The third-order valence-electron chi connectivity index (χ3n) is 2.33. The molecule has 2 N–H and O–H groups in total. The molecule has 2 heteroatoms. The third kappa shape index (κ3) is 2.17. The van der Waals surface area contributed by atoms with Crippen LogP contribution in [0.5, 0.6) is 0 Å². The first kappa shape index (κ1) is 9.01. The van der Waals surface area contributed by atoms with Crippen molar-refractivity contribution in [3.63, 3.8) is 0 Å². The second kappa shape index (κ2) is 4.07. The molecule has 0 atom stereocenters. The monoisotopic (exact) mass is 156 g/mol. The molecule has 0 aliphatic carbocycles. The SMILES string of the molecule is C1CC2(CN1)CNC2.CCC. The van der Waals surface area contributed by atoms with E-state index in [0.29, 0.717) is 5.41 Å². The molecule has 2 aliphatic heterocycles. The molecule has 0 unspecified atom stereocenters. The zero-order valence-corrected chi connectivity index (χ0v) is 7.74. The highest BCUT2D eigenvalue weighted by Gasteiger charge is 2.38. The van der Waals surface area contributed by atoms with E-state index in [4.69, 9.17) is 0 Å². The molecule has 0 bridgehead atoms. The van der Waals surface area contributed by atoms with Gasteiger partial charge >= 0.3 is 0 Å². The topological polar surface area (TPSA) is 24.1 Å². The van der Waals surface area contributed by atoms with Crippen LogP contribution in [0.1, 0.15) is 26.7 Å². The first-order chi connectivity index (χ1) is 5.33. The molecule has 0 aromatic carbocycles. The minimum atomic E-state index is 0.694. The molecule has 2 aliphatic rings. The van der Waals surface area contributed by atoms with Crippen LogP contribution in [-0.2, 0) is 0 Å². The lowest BCUT2D eigenvalue weighted by Gasteiger charge is -2.38. The van der Waals surface area contributed by atoms with Crippen molar-refractivity contribution in [1.82, 2.24) is 10.6 Å². The fraction of sp³-hybridized carbons (Fsp3) is 1.00. The van der Waals surface area contributed by atoms with Gasteiger partial charge < -0.3 is 10.6 Å². The molecule has 0 aromatic rings. The average molecular weight is 156 g/mol. The smallest absolute Gasteiger partial charge is 0.00892 e. The number of rotatable bonds is 0. The van der Waals surface area contributed by atoms with Gasteiger partial charge in [-0.3, -0.25) is 0 Å². The number of hydrogen-bond acceptors (Lipinski definition) is 2. The van der Waals surface area contributed by atoms with E-state index in [1.807, 2.05) is 0 Å². The molecule has 1 spiro atoms. The van der Waals surface area contributed by atoms with Crippen LogP contribution in [0.3, 0.4) is 0 Å². The van der Waals surface area contributed by atoms with Gasteiger partial charge in [-0.25, -0.2) is 0 Å². The molecular formula is C9H20N2. The Balaban J connectivity index is 0.000000179. The van der Waals surface area contributed by atoms with Gasteiger partial charge in [-0.05, 0) is 13.0 Å². The second-order valence-electron chi connectivity index (χ2n) is 3.74. The van der Waals surface area contributed by atoms with Crippen LogP contribution in [-0.4, -0.2) is 26.2 Å². The van der Waals surface area contributed by atoms with Gasteiger partial charge in [0, 0.05) is 25.0 Å². The van der Waals surface area contributed by atoms with Crippen LogP contribution in [0, 0.1) is 5.41 Å². The Hall–Kier alpha value is -0.0800. The fourth-order valence-corrected chi connectivity index (χ4v) is 1.58. The van der Waals surface area contributed by atoms with Crippen molar-refractivity contribution in [2.75, 3.05) is 26.2 Å². The average Bonchev–Trinajstić information content (AvgIpc) is 2.34. The second-order valence-corrected chi connectivity index (χ2v) is 3.74. The van der Waals surface area contributed by atoms with E-state index >= 15 is 0 Å². The summed E-state index contributed by atoms with van der Waals surface area (Å²) in [6.45, 7) is 9.24. The molecule has 11 heavy (non-hydrogen) atoms. The predicted octanol–water partition coefficient (Wildman–Crippen LogP) is 0.986. The van der Waals surface area contributed by atoms with Crippen molar-refractivity contribution in [2.24, 2.45) is 5.41 Å². The van der Waals surface area contributed by atoms with Crippen molar-refractivity contribution < 1.29 is 0 Å². The van der Waals surface area contributed by atoms with E-state index in [1.54, 1.807) is 0 Å². The number of nitrogens with one attached hydrogen (secondary N) is 2. The molecule has 2 nitrogen and oxygen atoms in total. The molecular weight excluding hydrogens is 136 g/mol. The summed E-state index contributed by atoms with van der Waals surface area (Å²) in [6.07, 6.45) is 2.64. The maximum Gasteiger partial charge on any atom is 0.00892 e. The summed E-state index contributed by atoms with van der Waals surface area (Å²) in [7, 11) is 0. The van der Waals surface area contributed by atoms with Gasteiger partial charge in [0.15, 0.2) is 0 Å². The zero-order chi connectivity index (χ0) is 8.16. The molecule has 0 saturated carbocycles. The Labute approximate surface area is 69.8 Å². The van der Waals surface area contributed by atoms with E-state index in [0.717, 1.165) is 0 Å². The Morgan fingerprint density at radius 3 is 1.82 bits per heavy atom. The van der Waals surface area contributed by atoms with E-state index in [-0.39, 0.29) is 0 Å². The van der Waals surface area contributed by atoms with E-state index in [1.165, 1.54) is 39.0 Å². The minimum absolute atomic E-state index is 0.694. The molecule has 2 heterocycles. The highest BCUT2D eigenvalue weighted by molar-refractivity contribution is 4.97. The summed E-state index contributed by atoms with van der Waals surface area (Å²) in [5.74, 6) is 0. The first-order valence-corrected chi connectivity index (χ1v) is 4.74. The molecule has 2 rings (SSSR count). The molecule has 0 radical (unpaired) electrons. The van der Waals surface area contributed by atoms with E-state index < -0.39 is 0 Å². The molecule has 2 saturated heterocycles. The van der Waals surface area contributed by atoms with E-state index in [2.05, 4.69) is 24.5 Å². The highest BCUT2D eigenvalue weighted by Crippen LogP contribution is 2.28. The molecule has 0 amide bonds. The van der Waals surface area contributed by atoms with Gasteiger partial charge in [0.1, 0.15) is 0 Å². The van der Waals surface area contributed by atoms with Gasteiger partial charge in [0.2, 0.25) is 0 Å². The van der Waals surface area contributed by atoms with Crippen LogP contribution < -0.4 is 10.6 Å². The predicted molar refractivity (Wildman–Crippen MR) is 48.8 cm³/mol. The summed E-state index contributed by atoms with van der Waals surface area (Å²) in [5, 5.41) is 6.68. The Kier molecular flexibility index (Phi) is 3.34. The van der Waals surface area contributed by atoms with Crippen LogP contribution in [0.2, 0.25) is 0 Å². The van der Waals surface area contributed by atoms with Crippen LogP contribution in [0.15, 0.2) is 0 Å². The van der Waals surface area contributed by atoms with Crippen LogP contribution in [0.25, 0.3) is 0 Å². The van der Waals surface area contributed by atoms with Crippen molar-refractivity contribution in [3.8, 4) is 0 Å². The number of hydrogen-bond donors (Lipinski definition) is 2. The zero-order valence-electron chi connectivity index (χ0n) is 7.74. The third-order valence-corrected chi connectivity index (χ3v) is 2.33. The Morgan fingerprint density at radius 2 is 1.64 bits per heavy atom. The van der Waals surface area contributed by atoms with Gasteiger partial charge in [-0.15, -0.1) is 0 Å². The van der Waals surface area contributed by atoms with Crippen molar-refractivity contribution in [2.45, 2.75) is 26.7 Å². The van der Waals surface area contributed by atoms with Gasteiger partial charge in [-0.2, -0.15) is 0 Å². The maximum absolute atomic E-state index is 3.38. The maximum atomic E-state index is 3.38. The lowest BCUT2D eigenvalue weighted by atomic mass is 9.81. The molecule has 66 valence electrons. The van der Waals surface area contributed by atoms with Gasteiger partial charge in [-0.1, -0.05) is 20.3 Å². The van der Waals surface area contributed by atoms with Gasteiger partial charge in [0.05, 0.1) is 0 Å². The lowest BCUT2D eigenvalue weighted by molar-refractivity contribution is 0.197. The van der Waals surface area contributed by atoms with Crippen LogP contribution in [0.4, 0.5) is 0 Å². The highest BCUT2D eigenvalue weighted by atomic mass is 15.1. The molecule has 2 fully saturated rings. The summed E-state index contributed by atoms with van der Waals surface area (Å²) in [4.78, 5) is 0. The summed E-state index contributed by atoms with van der Waals surface area (Å²) >= 11 is 0. The summed E-state index contributed by atoms with van der Waals surface area (Å²) in [6, 6.07) is 0. The van der Waals surface area contributed by atoms with Crippen molar-refractivity contribution in [1.29, 1.82) is 0 Å². The van der Waals surface area contributed by atoms with Crippen LogP contribution >= 0.6 is 0 Å². The Bertz CT molecular complexity index is 100. The van der Waals surface area contributed by atoms with Crippen molar-refractivity contribution >= 4 is 0 Å². The first-order valence-electron chi connectivity index (χ1n) is 4.74.